The van der Waals surface area contributed by atoms with Gasteiger partial charge in [-0.05, 0) is 12.3 Å². The van der Waals surface area contributed by atoms with Gasteiger partial charge in [-0.15, -0.1) is 0 Å². The first-order valence-electron chi connectivity index (χ1n) is 6.53. The lowest BCUT2D eigenvalue weighted by atomic mass is 9.87. The summed E-state index contributed by atoms with van der Waals surface area (Å²) in [5, 5.41) is 8.77. The van der Waals surface area contributed by atoms with Gasteiger partial charge in [0, 0.05) is 0 Å². The Kier molecular flexibility index (Phi) is 5.51. The number of halogens is 6. The zero-order chi connectivity index (χ0) is 16.3. The Morgan fingerprint density at radius 3 is 1.90 bits per heavy atom. The molecule has 0 aliphatic heterocycles. The van der Waals surface area contributed by atoms with Crippen molar-refractivity contribution in [3.05, 3.63) is 0 Å². The van der Waals surface area contributed by atoms with Crippen molar-refractivity contribution in [2.75, 3.05) is 6.61 Å². The molecule has 3 nitrogen and oxygen atoms in total. The van der Waals surface area contributed by atoms with Gasteiger partial charge in [0.1, 0.15) is 0 Å². The number of alkyl halides is 6. The molecule has 0 saturated heterocycles. The Labute approximate surface area is 117 Å². The molecule has 0 atom stereocenters. The lowest BCUT2D eigenvalue weighted by Gasteiger charge is -2.30. The van der Waals surface area contributed by atoms with Crippen molar-refractivity contribution in [1.29, 1.82) is 0 Å². The summed E-state index contributed by atoms with van der Waals surface area (Å²) in [5.74, 6) is -2.60. The highest BCUT2D eigenvalue weighted by molar-refractivity contribution is 5.81. The molecular weight excluding hydrogens is 306 g/mol. The predicted molar refractivity (Wildman–Crippen MR) is 59.2 cm³/mol. The van der Waals surface area contributed by atoms with Crippen LogP contribution in [0.1, 0.15) is 38.5 Å². The molecule has 0 heterocycles. The molecule has 1 saturated carbocycles. The summed E-state index contributed by atoms with van der Waals surface area (Å²) in [4.78, 5) is 11.1. The quantitative estimate of drug-likeness (QED) is 0.638. The molecule has 21 heavy (non-hydrogen) atoms. The normalized spacial score (nSPS) is 18.6. The minimum Gasteiger partial charge on any atom is -0.463 e. The van der Waals surface area contributed by atoms with Crippen LogP contribution < -0.4 is 0 Å². The van der Waals surface area contributed by atoms with E-state index in [1.165, 1.54) is 0 Å². The number of ether oxygens (including phenoxy) is 1. The van der Waals surface area contributed by atoms with Gasteiger partial charge in [0.15, 0.2) is 0 Å². The Bertz CT molecular complexity index is 343. The lowest BCUT2D eigenvalue weighted by Crippen LogP contribution is -2.63. The molecular formula is C12H16F6O3. The summed E-state index contributed by atoms with van der Waals surface area (Å²) in [6, 6.07) is 0. The molecule has 0 aromatic rings. The number of carbonyl (C=O) groups is 1. The lowest BCUT2D eigenvalue weighted by molar-refractivity contribution is -0.357. The minimum atomic E-state index is -6.19. The van der Waals surface area contributed by atoms with Crippen LogP contribution >= 0.6 is 0 Å². The average Bonchev–Trinajstić information content (AvgIpc) is 2.36. The smallest absolute Gasteiger partial charge is 0.437 e. The number of hydrogen-bond acceptors (Lipinski definition) is 3. The molecule has 1 fully saturated rings. The van der Waals surface area contributed by atoms with E-state index in [1.807, 2.05) is 0 Å². The summed E-state index contributed by atoms with van der Waals surface area (Å²) in [5.41, 5.74) is -5.48. The second kappa shape index (κ2) is 6.41. The third-order valence-electron chi connectivity index (χ3n) is 3.60. The highest BCUT2D eigenvalue weighted by atomic mass is 19.4. The molecule has 0 unspecified atom stereocenters. The van der Waals surface area contributed by atoms with E-state index in [4.69, 9.17) is 5.11 Å². The van der Waals surface area contributed by atoms with Crippen LogP contribution in [0.15, 0.2) is 0 Å². The van der Waals surface area contributed by atoms with E-state index in [0.29, 0.717) is 0 Å². The summed E-state index contributed by atoms with van der Waals surface area (Å²) >= 11 is 0. The molecule has 0 radical (unpaired) electrons. The molecule has 124 valence electrons. The van der Waals surface area contributed by atoms with Crippen LogP contribution in [0.5, 0.6) is 0 Å². The van der Waals surface area contributed by atoms with Gasteiger partial charge < -0.3 is 9.84 Å². The van der Waals surface area contributed by atoms with Crippen molar-refractivity contribution < 1.29 is 41.0 Å². The number of hydrogen-bond donors (Lipinski definition) is 1. The van der Waals surface area contributed by atoms with Crippen molar-refractivity contribution in [3.63, 3.8) is 0 Å². The number of rotatable bonds is 4. The first-order chi connectivity index (χ1) is 9.50. The van der Waals surface area contributed by atoms with Crippen LogP contribution in [-0.4, -0.2) is 35.6 Å². The van der Waals surface area contributed by atoms with Gasteiger partial charge >= 0.3 is 23.9 Å². The Morgan fingerprint density at radius 1 is 1.00 bits per heavy atom. The van der Waals surface area contributed by atoms with Crippen molar-refractivity contribution in [3.8, 4) is 0 Å². The molecule has 0 bridgehead atoms. The molecule has 1 N–H and O–H groups in total. The second-order valence-corrected chi connectivity index (χ2v) is 5.13. The van der Waals surface area contributed by atoms with Crippen molar-refractivity contribution in [1.82, 2.24) is 0 Å². The number of esters is 1. The maximum Gasteiger partial charge on any atom is 0.437 e. The summed E-state index contributed by atoms with van der Waals surface area (Å²) < 4.78 is 78.2. The molecule has 1 aliphatic rings. The van der Waals surface area contributed by atoms with Crippen LogP contribution in [0.4, 0.5) is 26.3 Å². The fourth-order valence-electron chi connectivity index (χ4n) is 2.29. The van der Waals surface area contributed by atoms with Crippen LogP contribution in [0.25, 0.3) is 0 Å². The molecule has 0 aromatic heterocycles. The monoisotopic (exact) mass is 322 g/mol. The van der Waals surface area contributed by atoms with E-state index >= 15 is 0 Å². The maximum absolute atomic E-state index is 12.4. The maximum atomic E-state index is 12.4. The van der Waals surface area contributed by atoms with Gasteiger partial charge in [0.05, 0.1) is 6.61 Å². The number of carbonyl (C=O) groups excluding carboxylic acids is 1. The van der Waals surface area contributed by atoms with Gasteiger partial charge in [0.2, 0.25) is 0 Å². The topological polar surface area (TPSA) is 46.5 Å². The fourth-order valence-corrected chi connectivity index (χ4v) is 2.29. The minimum absolute atomic E-state index is 0.122. The molecule has 0 aromatic carbocycles. The third-order valence-corrected chi connectivity index (χ3v) is 3.60. The first-order valence-corrected chi connectivity index (χ1v) is 6.53. The molecule has 1 aliphatic carbocycles. The highest BCUT2D eigenvalue weighted by Crippen LogP contribution is 2.43. The van der Waals surface area contributed by atoms with Gasteiger partial charge in [0.25, 0.3) is 0 Å². The zero-order valence-electron chi connectivity index (χ0n) is 11.1. The first kappa shape index (κ1) is 18.1. The van der Waals surface area contributed by atoms with Crippen molar-refractivity contribution in [2.24, 2.45) is 5.92 Å². The van der Waals surface area contributed by atoms with E-state index in [1.54, 1.807) is 0 Å². The second-order valence-electron chi connectivity index (χ2n) is 5.13. The Morgan fingerprint density at radius 2 is 1.48 bits per heavy atom. The van der Waals surface area contributed by atoms with Crippen LogP contribution in [-0.2, 0) is 9.53 Å². The third kappa shape index (κ3) is 4.02. The SMILES string of the molecule is O=C(OCCC1CCCCC1)C(O)(C(F)(F)F)C(F)(F)F. The van der Waals surface area contributed by atoms with Gasteiger partial charge in [-0.3, -0.25) is 0 Å². The predicted octanol–water partition coefficient (Wildman–Crippen LogP) is 3.36. The molecule has 0 spiro atoms. The Hall–Kier alpha value is -0.990. The van der Waals surface area contributed by atoms with Gasteiger partial charge in [-0.25, -0.2) is 4.79 Å². The highest BCUT2D eigenvalue weighted by Gasteiger charge is 2.76. The Balaban J connectivity index is 2.62. The standard InChI is InChI=1S/C12H16F6O3/c13-11(14,15)10(20,12(16,17)18)9(19)21-7-6-8-4-2-1-3-5-8/h8,20H,1-7H2. The van der Waals surface area contributed by atoms with Crippen LogP contribution in [0.3, 0.4) is 0 Å². The van der Waals surface area contributed by atoms with E-state index in [9.17, 15) is 31.1 Å². The zero-order valence-corrected chi connectivity index (χ0v) is 11.1. The molecule has 9 heteroatoms. The van der Waals surface area contributed by atoms with E-state index in [2.05, 4.69) is 4.74 Å². The van der Waals surface area contributed by atoms with Crippen molar-refractivity contribution in [2.45, 2.75) is 56.5 Å². The van der Waals surface area contributed by atoms with E-state index in [0.717, 1.165) is 32.1 Å². The number of aliphatic hydroxyl groups is 1. The summed E-state index contributed by atoms with van der Waals surface area (Å²) in [7, 11) is 0. The largest absolute Gasteiger partial charge is 0.463 e. The van der Waals surface area contributed by atoms with Crippen LogP contribution in [0.2, 0.25) is 0 Å². The summed E-state index contributed by atoms with van der Waals surface area (Å²) in [6.45, 7) is -0.571. The summed E-state index contributed by atoms with van der Waals surface area (Å²) in [6.07, 6.45) is -7.65. The van der Waals surface area contributed by atoms with E-state index in [-0.39, 0.29) is 12.3 Å². The van der Waals surface area contributed by atoms with Crippen LogP contribution in [0, 0.1) is 5.92 Å². The van der Waals surface area contributed by atoms with Gasteiger partial charge in [-0.2, -0.15) is 26.3 Å². The fraction of sp³-hybridized carbons (Fsp3) is 0.917. The van der Waals surface area contributed by atoms with Gasteiger partial charge in [-0.1, -0.05) is 32.1 Å². The van der Waals surface area contributed by atoms with Crippen molar-refractivity contribution >= 4 is 5.97 Å². The van der Waals surface area contributed by atoms with E-state index < -0.39 is 30.5 Å². The average molecular weight is 322 g/mol. The molecule has 1 rings (SSSR count). The molecule has 0 amide bonds.